The van der Waals surface area contributed by atoms with Crippen molar-refractivity contribution in [2.24, 2.45) is 0 Å². The van der Waals surface area contributed by atoms with Gasteiger partial charge in [0.1, 0.15) is 5.75 Å². The molecule has 1 aromatic carbocycles. The highest BCUT2D eigenvalue weighted by atomic mass is 16.7. The first kappa shape index (κ1) is 12.2. The average Bonchev–Trinajstić information content (AvgIpc) is 2.40. The number of nitrogens with zero attached hydrogens (tertiary/aromatic N) is 1. The van der Waals surface area contributed by atoms with Gasteiger partial charge in [0.25, 0.3) is 0 Å². The Morgan fingerprint density at radius 3 is 2.06 bits per heavy atom. The van der Waals surface area contributed by atoms with Crippen LogP contribution in [0.5, 0.6) is 5.75 Å². The van der Waals surface area contributed by atoms with Gasteiger partial charge in [0, 0.05) is 45.8 Å². The van der Waals surface area contributed by atoms with E-state index in [0.29, 0.717) is 5.75 Å². The molecule has 1 saturated heterocycles. The van der Waals surface area contributed by atoms with Crippen molar-refractivity contribution in [3.63, 3.8) is 0 Å². The van der Waals surface area contributed by atoms with Crippen molar-refractivity contribution in [1.29, 1.82) is 0 Å². The van der Waals surface area contributed by atoms with Gasteiger partial charge < -0.3 is 19.5 Å². The minimum atomic E-state index is -0.423. The Kier molecular flexibility index (Phi) is 3.54. The molecule has 0 unspecified atom stereocenters. The third kappa shape index (κ3) is 2.53. The van der Waals surface area contributed by atoms with Crippen LogP contribution in [0.3, 0.4) is 0 Å². The van der Waals surface area contributed by atoms with Gasteiger partial charge in [0.05, 0.1) is 0 Å². The molecule has 0 spiro atoms. The van der Waals surface area contributed by atoms with E-state index in [1.54, 1.807) is 26.4 Å². The lowest BCUT2D eigenvalue weighted by molar-refractivity contribution is -0.216. The molecule has 4 nitrogen and oxygen atoms in total. The smallest absolute Gasteiger partial charge is 0.170 e. The van der Waals surface area contributed by atoms with Crippen LogP contribution in [0.15, 0.2) is 24.3 Å². The second-order valence-electron chi connectivity index (χ2n) is 4.32. The molecule has 1 aliphatic heterocycles. The molecule has 1 aromatic rings. The maximum atomic E-state index is 9.26. The van der Waals surface area contributed by atoms with Crippen LogP contribution in [0.2, 0.25) is 0 Å². The Labute approximate surface area is 102 Å². The van der Waals surface area contributed by atoms with E-state index in [2.05, 4.69) is 4.90 Å². The number of phenolic OH excluding ortho intramolecular Hbond substituents is 1. The Morgan fingerprint density at radius 2 is 1.59 bits per heavy atom. The van der Waals surface area contributed by atoms with Gasteiger partial charge in [-0.15, -0.1) is 0 Å². The van der Waals surface area contributed by atoms with Crippen molar-refractivity contribution in [3.05, 3.63) is 24.3 Å². The predicted octanol–water partition coefficient (Wildman–Crippen LogP) is 1.98. The molecular weight excluding hydrogens is 218 g/mol. The van der Waals surface area contributed by atoms with E-state index in [1.165, 1.54) is 0 Å². The highest BCUT2D eigenvalue weighted by Crippen LogP contribution is 2.29. The first-order valence-corrected chi connectivity index (χ1v) is 5.83. The summed E-state index contributed by atoms with van der Waals surface area (Å²) in [5, 5.41) is 9.26. The van der Waals surface area contributed by atoms with Crippen molar-refractivity contribution in [3.8, 4) is 5.75 Å². The molecule has 1 aliphatic rings. The van der Waals surface area contributed by atoms with E-state index in [9.17, 15) is 5.11 Å². The number of piperidine rings is 1. The van der Waals surface area contributed by atoms with Crippen LogP contribution < -0.4 is 4.90 Å². The normalized spacial score (nSPS) is 19.3. The predicted molar refractivity (Wildman–Crippen MR) is 66.3 cm³/mol. The van der Waals surface area contributed by atoms with Gasteiger partial charge in [-0.1, -0.05) is 0 Å². The molecule has 0 bridgehead atoms. The quantitative estimate of drug-likeness (QED) is 0.816. The molecule has 94 valence electrons. The second-order valence-corrected chi connectivity index (χ2v) is 4.32. The van der Waals surface area contributed by atoms with Crippen molar-refractivity contribution in [2.75, 3.05) is 32.2 Å². The van der Waals surface area contributed by atoms with Gasteiger partial charge >= 0.3 is 0 Å². The highest BCUT2D eigenvalue weighted by Gasteiger charge is 2.34. The van der Waals surface area contributed by atoms with Crippen molar-refractivity contribution >= 4 is 5.69 Å². The standard InChI is InChI=1S/C13H19NO3/c1-16-13(17-2)7-9-14(10-8-13)11-3-5-12(15)6-4-11/h3-6,15H,7-10H2,1-2H3. The highest BCUT2D eigenvalue weighted by molar-refractivity contribution is 5.49. The molecular formula is C13H19NO3. The molecule has 2 rings (SSSR count). The summed E-state index contributed by atoms with van der Waals surface area (Å²) < 4.78 is 10.9. The zero-order valence-electron chi connectivity index (χ0n) is 10.3. The lowest BCUT2D eigenvalue weighted by Crippen LogP contribution is -2.46. The van der Waals surface area contributed by atoms with Gasteiger partial charge in [-0.3, -0.25) is 0 Å². The zero-order valence-corrected chi connectivity index (χ0v) is 10.3. The largest absolute Gasteiger partial charge is 0.508 e. The number of aromatic hydroxyl groups is 1. The first-order valence-electron chi connectivity index (χ1n) is 5.83. The number of methoxy groups -OCH3 is 2. The summed E-state index contributed by atoms with van der Waals surface area (Å²) in [6.45, 7) is 1.79. The van der Waals surface area contributed by atoms with Gasteiger partial charge in [0.2, 0.25) is 0 Å². The number of rotatable bonds is 3. The number of anilines is 1. The topological polar surface area (TPSA) is 41.9 Å². The summed E-state index contributed by atoms with van der Waals surface area (Å²) in [4.78, 5) is 2.27. The fourth-order valence-corrected chi connectivity index (χ4v) is 2.26. The van der Waals surface area contributed by atoms with Crippen LogP contribution in [0, 0.1) is 0 Å². The fourth-order valence-electron chi connectivity index (χ4n) is 2.26. The van der Waals surface area contributed by atoms with Crippen LogP contribution in [-0.4, -0.2) is 38.2 Å². The van der Waals surface area contributed by atoms with E-state index < -0.39 is 5.79 Å². The van der Waals surface area contributed by atoms with E-state index in [4.69, 9.17) is 9.47 Å². The molecule has 1 N–H and O–H groups in total. The number of benzene rings is 1. The lowest BCUT2D eigenvalue weighted by atomic mass is 10.0. The van der Waals surface area contributed by atoms with E-state index in [-0.39, 0.29) is 0 Å². The third-order valence-electron chi connectivity index (χ3n) is 3.48. The van der Waals surface area contributed by atoms with Crippen LogP contribution >= 0.6 is 0 Å². The second kappa shape index (κ2) is 4.94. The van der Waals surface area contributed by atoms with Crippen molar-refractivity contribution in [2.45, 2.75) is 18.6 Å². The van der Waals surface area contributed by atoms with Gasteiger partial charge in [-0.25, -0.2) is 0 Å². The Bertz CT molecular complexity index is 349. The first-order chi connectivity index (χ1) is 8.19. The molecule has 1 heterocycles. The summed E-state index contributed by atoms with van der Waals surface area (Å²) in [6, 6.07) is 7.29. The van der Waals surface area contributed by atoms with Crippen LogP contribution in [0.25, 0.3) is 0 Å². The summed E-state index contributed by atoms with van der Waals surface area (Å²) in [5.74, 6) is -0.123. The minimum absolute atomic E-state index is 0.300. The molecule has 0 atom stereocenters. The van der Waals surface area contributed by atoms with E-state index in [0.717, 1.165) is 31.6 Å². The summed E-state index contributed by atoms with van der Waals surface area (Å²) in [7, 11) is 3.39. The molecule has 4 heteroatoms. The van der Waals surface area contributed by atoms with E-state index in [1.807, 2.05) is 12.1 Å². The van der Waals surface area contributed by atoms with Crippen LogP contribution in [0.1, 0.15) is 12.8 Å². The lowest BCUT2D eigenvalue weighted by Gasteiger charge is -2.40. The third-order valence-corrected chi connectivity index (χ3v) is 3.48. The Morgan fingerprint density at radius 1 is 1.06 bits per heavy atom. The van der Waals surface area contributed by atoms with E-state index >= 15 is 0 Å². The van der Waals surface area contributed by atoms with Crippen LogP contribution in [-0.2, 0) is 9.47 Å². The molecule has 0 saturated carbocycles. The molecule has 0 amide bonds. The number of phenols is 1. The maximum Gasteiger partial charge on any atom is 0.170 e. The molecule has 1 fully saturated rings. The number of hydrogen-bond acceptors (Lipinski definition) is 4. The van der Waals surface area contributed by atoms with Gasteiger partial charge in [-0.05, 0) is 24.3 Å². The summed E-state index contributed by atoms with van der Waals surface area (Å²) in [5.41, 5.74) is 1.13. The summed E-state index contributed by atoms with van der Waals surface area (Å²) in [6.07, 6.45) is 1.70. The Balaban J connectivity index is 2.01. The van der Waals surface area contributed by atoms with Crippen molar-refractivity contribution < 1.29 is 14.6 Å². The monoisotopic (exact) mass is 237 g/mol. The molecule has 17 heavy (non-hydrogen) atoms. The van der Waals surface area contributed by atoms with Gasteiger partial charge in [-0.2, -0.15) is 0 Å². The maximum absolute atomic E-state index is 9.26. The Hall–Kier alpha value is -1.26. The minimum Gasteiger partial charge on any atom is -0.508 e. The zero-order chi connectivity index (χ0) is 12.3. The molecule has 0 radical (unpaired) electrons. The number of ether oxygens (including phenoxy) is 2. The number of hydrogen-bond donors (Lipinski definition) is 1. The SMILES string of the molecule is COC1(OC)CCN(c2ccc(O)cc2)CC1. The van der Waals surface area contributed by atoms with Gasteiger partial charge in [0.15, 0.2) is 5.79 Å². The molecule has 0 aromatic heterocycles. The van der Waals surface area contributed by atoms with Crippen LogP contribution in [0.4, 0.5) is 5.69 Å². The fraction of sp³-hybridized carbons (Fsp3) is 0.538. The molecule has 0 aliphatic carbocycles. The average molecular weight is 237 g/mol. The summed E-state index contributed by atoms with van der Waals surface area (Å²) >= 11 is 0. The van der Waals surface area contributed by atoms with Crippen molar-refractivity contribution in [1.82, 2.24) is 0 Å².